The minimum Gasteiger partial charge on any atom is -0.337 e. The average Bonchev–Trinajstić information content (AvgIpc) is 2.55. The lowest BCUT2D eigenvalue weighted by molar-refractivity contribution is -0.129. The zero-order valence-corrected chi connectivity index (χ0v) is 13.7. The van der Waals surface area contributed by atoms with E-state index in [0.29, 0.717) is 39.3 Å². The number of carbonyl (C=O) groups is 2. The van der Waals surface area contributed by atoms with Gasteiger partial charge in [0.2, 0.25) is 11.8 Å². The summed E-state index contributed by atoms with van der Waals surface area (Å²) in [6.45, 7) is 10.7. The van der Waals surface area contributed by atoms with Gasteiger partial charge < -0.3 is 20.9 Å². The minimum absolute atomic E-state index is 0.104. The van der Waals surface area contributed by atoms with Crippen molar-refractivity contribution in [2.24, 2.45) is 5.73 Å². The molecule has 0 aliphatic heterocycles. The first-order valence-corrected chi connectivity index (χ1v) is 7.78. The van der Waals surface area contributed by atoms with Crippen molar-refractivity contribution >= 4 is 11.8 Å². The van der Waals surface area contributed by atoms with E-state index in [1.807, 2.05) is 7.05 Å². The third-order valence-electron chi connectivity index (χ3n) is 3.38. The van der Waals surface area contributed by atoms with Gasteiger partial charge in [-0.1, -0.05) is 19.6 Å². The number of amides is 2. The molecule has 126 valence electrons. The van der Waals surface area contributed by atoms with Gasteiger partial charge in [0, 0.05) is 32.7 Å². The molecule has 0 aliphatic carbocycles. The van der Waals surface area contributed by atoms with E-state index in [4.69, 9.17) is 5.73 Å². The molecular weight excluding hydrogens is 280 g/mol. The molecule has 0 heterocycles. The normalized spacial score (nSPS) is 10.1. The first-order chi connectivity index (χ1) is 10.6. The summed E-state index contributed by atoms with van der Waals surface area (Å²) in [5, 5.41) is 3.01. The number of unbranched alkanes of at least 4 members (excludes halogenated alkanes) is 2. The van der Waals surface area contributed by atoms with Gasteiger partial charge in [0.05, 0.1) is 0 Å². The van der Waals surface area contributed by atoms with Crippen molar-refractivity contribution in [3.05, 3.63) is 25.3 Å². The maximum atomic E-state index is 11.9. The van der Waals surface area contributed by atoms with Gasteiger partial charge in [-0.15, -0.1) is 0 Å². The van der Waals surface area contributed by atoms with Crippen LogP contribution >= 0.6 is 0 Å². The fraction of sp³-hybridized carbons (Fsp3) is 0.625. The van der Waals surface area contributed by atoms with Gasteiger partial charge in [-0.2, -0.15) is 0 Å². The molecule has 0 radical (unpaired) electrons. The second-order valence-corrected chi connectivity index (χ2v) is 5.01. The monoisotopic (exact) mass is 310 g/mol. The number of hydrogen-bond acceptors (Lipinski definition) is 4. The van der Waals surface area contributed by atoms with E-state index < -0.39 is 0 Å². The molecule has 3 N–H and O–H groups in total. The zero-order chi connectivity index (χ0) is 16.8. The first-order valence-electron chi connectivity index (χ1n) is 7.78. The van der Waals surface area contributed by atoms with E-state index in [1.165, 1.54) is 12.2 Å². The first kappa shape index (κ1) is 20.3. The molecule has 0 aliphatic rings. The second-order valence-electron chi connectivity index (χ2n) is 5.01. The van der Waals surface area contributed by atoms with Crippen molar-refractivity contribution in [1.29, 1.82) is 0 Å². The Bertz CT molecular complexity index is 358. The molecule has 6 heteroatoms. The maximum absolute atomic E-state index is 11.9. The average molecular weight is 310 g/mol. The summed E-state index contributed by atoms with van der Waals surface area (Å²) < 4.78 is 0. The second kappa shape index (κ2) is 13.0. The zero-order valence-electron chi connectivity index (χ0n) is 13.7. The van der Waals surface area contributed by atoms with Gasteiger partial charge >= 0.3 is 0 Å². The molecule has 0 aromatic carbocycles. The highest BCUT2D eigenvalue weighted by atomic mass is 16.2. The number of likely N-dealkylation sites (N-methyl/N-ethyl adjacent to an activating group) is 1. The lowest BCUT2D eigenvalue weighted by Gasteiger charge is -2.27. The van der Waals surface area contributed by atoms with Gasteiger partial charge in [-0.05, 0) is 38.6 Å². The predicted octanol–water partition coefficient (Wildman–Crippen LogP) is 0.364. The molecule has 2 amide bonds. The van der Waals surface area contributed by atoms with Crippen molar-refractivity contribution in [2.75, 3.05) is 46.3 Å². The maximum Gasteiger partial charge on any atom is 0.246 e. The Morgan fingerprint density at radius 1 is 0.955 bits per heavy atom. The van der Waals surface area contributed by atoms with Crippen LogP contribution in [-0.4, -0.2) is 67.9 Å². The Labute approximate surface area is 134 Å². The third-order valence-corrected chi connectivity index (χ3v) is 3.38. The van der Waals surface area contributed by atoms with Gasteiger partial charge in [0.25, 0.3) is 0 Å². The molecule has 0 saturated heterocycles. The van der Waals surface area contributed by atoms with Crippen molar-refractivity contribution in [3.8, 4) is 0 Å². The fourth-order valence-corrected chi connectivity index (χ4v) is 2.03. The summed E-state index contributed by atoms with van der Waals surface area (Å²) >= 11 is 0. The number of rotatable bonds is 13. The SMILES string of the molecule is C=CC(=O)N(CCCCCN)CCN(CCNC)C(=O)C=C. The van der Waals surface area contributed by atoms with Crippen LogP contribution in [0.25, 0.3) is 0 Å². The smallest absolute Gasteiger partial charge is 0.246 e. The van der Waals surface area contributed by atoms with Gasteiger partial charge in [0.15, 0.2) is 0 Å². The molecule has 22 heavy (non-hydrogen) atoms. The largest absolute Gasteiger partial charge is 0.337 e. The summed E-state index contributed by atoms with van der Waals surface area (Å²) in [4.78, 5) is 27.1. The Kier molecular flexibility index (Phi) is 12.1. The van der Waals surface area contributed by atoms with E-state index in [-0.39, 0.29) is 11.8 Å². The molecule has 6 nitrogen and oxygen atoms in total. The number of nitrogens with zero attached hydrogens (tertiary/aromatic N) is 2. The van der Waals surface area contributed by atoms with Crippen LogP contribution in [-0.2, 0) is 9.59 Å². The molecule has 0 saturated carbocycles. The van der Waals surface area contributed by atoms with Crippen molar-refractivity contribution in [2.45, 2.75) is 19.3 Å². The van der Waals surface area contributed by atoms with Crippen molar-refractivity contribution in [3.63, 3.8) is 0 Å². The number of hydrogen-bond donors (Lipinski definition) is 2. The van der Waals surface area contributed by atoms with Crippen molar-refractivity contribution in [1.82, 2.24) is 15.1 Å². The number of carbonyl (C=O) groups excluding carboxylic acids is 2. The lowest BCUT2D eigenvalue weighted by atomic mass is 10.2. The van der Waals surface area contributed by atoms with Crippen LogP contribution in [0.15, 0.2) is 25.3 Å². The Morgan fingerprint density at radius 3 is 1.95 bits per heavy atom. The van der Waals surface area contributed by atoms with Crippen LogP contribution in [0.1, 0.15) is 19.3 Å². The standard InChI is InChI=1S/C16H30N4O2/c1-4-15(21)19(11-8-6-7-9-17)13-14-20(12-10-18-3)16(22)5-2/h4-5,18H,1-2,6-14,17H2,3H3. The highest BCUT2D eigenvalue weighted by Gasteiger charge is 2.14. The van der Waals surface area contributed by atoms with E-state index in [0.717, 1.165) is 19.3 Å². The van der Waals surface area contributed by atoms with Crippen LogP contribution in [0.2, 0.25) is 0 Å². The van der Waals surface area contributed by atoms with Gasteiger partial charge in [0.1, 0.15) is 0 Å². The summed E-state index contributed by atoms with van der Waals surface area (Å²) in [5.41, 5.74) is 5.47. The molecule has 0 rings (SSSR count). The van der Waals surface area contributed by atoms with Crippen LogP contribution in [0.4, 0.5) is 0 Å². The quantitative estimate of drug-likeness (QED) is 0.380. The van der Waals surface area contributed by atoms with Crippen LogP contribution in [0, 0.1) is 0 Å². The molecule has 0 fully saturated rings. The molecular formula is C16H30N4O2. The van der Waals surface area contributed by atoms with Crippen LogP contribution in [0.3, 0.4) is 0 Å². The summed E-state index contributed by atoms with van der Waals surface area (Å²) in [6.07, 6.45) is 5.47. The van der Waals surface area contributed by atoms with E-state index in [1.54, 1.807) is 9.80 Å². The Morgan fingerprint density at radius 2 is 1.50 bits per heavy atom. The van der Waals surface area contributed by atoms with E-state index in [2.05, 4.69) is 18.5 Å². The predicted molar refractivity (Wildman–Crippen MR) is 90.4 cm³/mol. The summed E-state index contributed by atoms with van der Waals surface area (Å²) in [6, 6.07) is 0. The van der Waals surface area contributed by atoms with Gasteiger partial charge in [-0.25, -0.2) is 0 Å². The Balaban J connectivity index is 4.47. The Hall–Kier alpha value is -1.66. The summed E-state index contributed by atoms with van der Waals surface area (Å²) in [5.74, 6) is -0.225. The van der Waals surface area contributed by atoms with E-state index in [9.17, 15) is 9.59 Å². The highest BCUT2D eigenvalue weighted by Crippen LogP contribution is 2.01. The third kappa shape index (κ3) is 8.59. The molecule has 0 aromatic rings. The molecule has 0 unspecified atom stereocenters. The number of nitrogens with two attached hydrogens (primary N) is 1. The van der Waals surface area contributed by atoms with Crippen LogP contribution < -0.4 is 11.1 Å². The van der Waals surface area contributed by atoms with Gasteiger partial charge in [-0.3, -0.25) is 9.59 Å². The minimum atomic E-state index is -0.121. The van der Waals surface area contributed by atoms with E-state index >= 15 is 0 Å². The van der Waals surface area contributed by atoms with Crippen molar-refractivity contribution < 1.29 is 9.59 Å². The highest BCUT2D eigenvalue weighted by molar-refractivity contribution is 5.88. The molecule has 0 aromatic heterocycles. The number of nitrogens with one attached hydrogen (secondary N) is 1. The molecule has 0 spiro atoms. The van der Waals surface area contributed by atoms with Crippen LogP contribution in [0.5, 0.6) is 0 Å². The lowest BCUT2D eigenvalue weighted by Crippen LogP contribution is -2.42. The summed E-state index contributed by atoms with van der Waals surface area (Å²) in [7, 11) is 1.83. The topological polar surface area (TPSA) is 78.7 Å². The molecule has 0 atom stereocenters. The fourth-order valence-electron chi connectivity index (χ4n) is 2.03. The molecule has 0 bridgehead atoms.